The van der Waals surface area contributed by atoms with E-state index in [4.69, 9.17) is 9.40 Å². The van der Waals surface area contributed by atoms with Gasteiger partial charge in [0.2, 0.25) is 0 Å². The molecule has 0 radical (unpaired) electrons. The minimum absolute atomic E-state index is 0.834. The van der Waals surface area contributed by atoms with E-state index in [0.717, 1.165) is 77.9 Å². The fourth-order valence-corrected chi connectivity index (χ4v) is 7.32. The smallest absolute Gasteiger partial charge is 0.149 e. The van der Waals surface area contributed by atoms with Crippen molar-refractivity contribution in [3.63, 3.8) is 0 Å². The van der Waals surface area contributed by atoms with E-state index in [1.807, 2.05) is 0 Å². The summed E-state index contributed by atoms with van der Waals surface area (Å²) in [6.07, 6.45) is 0. The number of furan rings is 1. The van der Waals surface area contributed by atoms with Crippen LogP contribution in [0.25, 0.3) is 83.4 Å². The fourth-order valence-electron chi connectivity index (χ4n) is 7.32. The molecule has 9 rings (SSSR count). The lowest BCUT2D eigenvalue weighted by atomic mass is 9.95. The second kappa shape index (κ2) is 11.3. The van der Waals surface area contributed by atoms with Crippen LogP contribution >= 0.6 is 0 Å². The van der Waals surface area contributed by atoms with Gasteiger partial charge in [-0.2, -0.15) is 0 Å². The lowest BCUT2D eigenvalue weighted by Crippen LogP contribution is -2.03. The molecule has 9 aromatic rings. The topological polar surface area (TPSA) is 31.0 Å². The molecule has 0 N–H and O–H groups in total. The SMILES string of the molecule is Cc1cccc(C)c1-c1ccc2c(c1)oc1c(-c3nc4ccccc4n3-c3c(-c4ccccc4)cccc3-c3ccccc3)cccc12. The largest absolute Gasteiger partial charge is 0.455 e. The molecule has 0 aliphatic heterocycles. The molecule has 0 aliphatic carbocycles. The molecule has 0 bridgehead atoms. The Balaban J connectivity index is 1.35. The average Bonchev–Trinajstić information content (AvgIpc) is 3.70. The zero-order valence-corrected chi connectivity index (χ0v) is 26.8. The maximum Gasteiger partial charge on any atom is 0.149 e. The van der Waals surface area contributed by atoms with Crippen LogP contribution in [0.1, 0.15) is 11.1 Å². The monoisotopic (exact) mass is 616 g/mol. The standard InChI is InChI=1S/C45H32N2O/c1-29-14-11-15-30(2)42(29)33-26-27-36-37-22-13-23-38(44(37)48-41(36)28-33)45-46-39-24-9-10-25-40(39)47(45)43-34(31-16-5-3-6-17-31)20-12-21-35(43)32-18-7-4-8-19-32/h3-28H,1-2H3. The Bertz CT molecular complexity index is 2550. The summed E-state index contributed by atoms with van der Waals surface area (Å²) in [5.74, 6) is 0.844. The first-order chi connectivity index (χ1) is 23.7. The van der Waals surface area contributed by atoms with Gasteiger partial charge < -0.3 is 4.42 Å². The van der Waals surface area contributed by atoms with Gasteiger partial charge in [0.05, 0.1) is 22.3 Å². The second-order valence-corrected chi connectivity index (χ2v) is 12.5. The Morgan fingerprint density at radius 2 is 1.10 bits per heavy atom. The third kappa shape index (κ3) is 4.47. The van der Waals surface area contributed by atoms with E-state index in [1.54, 1.807) is 0 Å². The van der Waals surface area contributed by atoms with Crippen molar-refractivity contribution in [2.75, 3.05) is 0 Å². The zero-order valence-electron chi connectivity index (χ0n) is 26.8. The van der Waals surface area contributed by atoms with Crippen molar-refractivity contribution in [2.24, 2.45) is 0 Å². The number of para-hydroxylation sites is 4. The van der Waals surface area contributed by atoms with Gasteiger partial charge >= 0.3 is 0 Å². The van der Waals surface area contributed by atoms with Gasteiger partial charge in [0, 0.05) is 21.9 Å². The molecule has 2 heterocycles. The molecule has 0 fully saturated rings. The van der Waals surface area contributed by atoms with E-state index in [9.17, 15) is 0 Å². The van der Waals surface area contributed by atoms with Crippen LogP contribution in [-0.4, -0.2) is 9.55 Å². The highest BCUT2D eigenvalue weighted by molar-refractivity contribution is 6.10. The molecular formula is C45H32N2O. The van der Waals surface area contributed by atoms with Gasteiger partial charge in [0.15, 0.2) is 0 Å². The summed E-state index contributed by atoms with van der Waals surface area (Å²) in [5, 5.41) is 2.17. The number of rotatable bonds is 5. The van der Waals surface area contributed by atoms with Gasteiger partial charge in [-0.1, -0.05) is 127 Å². The minimum Gasteiger partial charge on any atom is -0.455 e. The van der Waals surface area contributed by atoms with Crippen molar-refractivity contribution in [3.05, 3.63) is 169 Å². The van der Waals surface area contributed by atoms with Gasteiger partial charge in [0.1, 0.15) is 17.0 Å². The van der Waals surface area contributed by atoms with E-state index in [0.29, 0.717) is 0 Å². The van der Waals surface area contributed by atoms with Crippen LogP contribution in [0.2, 0.25) is 0 Å². The number of aromatic nitrogens is 2. The van der Waals surface area contributed by atoms with Crippen LogP contribution in [0.15, 0.2) is 162 Å². The van der Waals surface area contributed by atoms with Crippen LogP contribution in [0.5, 0.6) is 0 Å². The fraction of sp³-hybridized carbons (Fsp3) is 0.0444. The summed E-state index contributed by atoms with van der Waals surface area (Å²) in [6, 6.07) is 55.7. The highest BCUT2D eigenvalue weighted by atomic mass is 16.3. The zero-order chi connectivity index (χ0) is 32.2. The van der Waals surface area contributed by atoms with E-state index in [2.05, 4.69) is 176 Å². The van der Waals surface area contributed by atoms with Crippen molar-refractivity contribution in [3.8, 4) is 50.5 Å². The predicted octanol–water partition coefficient (Wildman–Crippen LogP) is 12.2. The van der Waals surface area contributed by atoms with Gasteiger partial charge in [-0.3, -0.25) is 4.57 Å². The van der Waals surface area contributed by atoms with Gasteiger partial charge in [-0.25, -0.2) is 4.98 Å². The summed E-state index contributed by atoms with van der Waals surface area (Å²) < 4.78 is 9.18. The average molecular weight is 617 g/mol. The Hall–Kier alpha value is -6.19. The second-order valence-electron chi connectivity index (χ2n) is 12.5. The summed E-state index contributed by atoms with van der Waals surface area (Å²) in [6.45, 7) is 4.34. The summed E-state index contributed by atoms with van der Waals surface area (Å²) >= 11 is 0. The lowest BCUT2D eigenvalue weighted by molar-refractivity contribution is 0.669. The molecule has 48 heavy (non-hydrogen) atoms. The number of aryl methyl sites for hydroxylation is 2. The highest BCUT2D eigenvalue weighted by Gasteiger charge is 2.24. The van der Waals surface area contributed by atoms with Crippen molar-refractivity contribution >= 4 is 33.0 Å². The van der Waals surface area contributed by atoms with E-state index in [-0.39, 0.29) is 0 Å². The number of benzene rings is 7. The first kappa shape index (κ1) is 28.1. The van der Waals surface area contributed by atoms with Crippen LogP contribution in [0, 0.1) is 13.8 Å². The summed E-state index contributed by atoms with van der Waals surface area (Å²) in [7, 11) is 0. The molecule has 0 saturated heterocycles. The van der Waals surface area contributed by atoms with Gasteiger partial charge in [0.25, 0.3) is 0 Å². The van der Waals surface area contributed by atoms with E-state index < -0.39 is 0 Å². The molecular weight excluding hydrogens is 585 g/mol. The predicted molar refractivity (Wildman–Crippen MR) is 200 cm³/mol. The minimum atomic E-state index is 0.834. The van der Waals surface area contributed by atoms with E-state index in [1.165, 1.54) is 16.7 Å². The molecule has 0 unspecified atom stereocenters. The Morgan fingerprint density at radius 1 is 0.500 bits per heavy atom. The molecule has 0 spiro atoms. The molecule has 228 valence electrons. The van der Waals surface area contributed by atoms with Crippen LogP contribution < -0.4 is 0 Å². The summed E-state index contributed by atoms with van der Waals surface area (Å²) in [5.41, 5.74) is 15.2. The number of imidazole rings is 1. The van der Waals surface area contributed by atoms with Crippen LogP contribution in [-0.2, 0) is 0 Å². The molecule has 0 aliphatic rings. The third-order valence-corrected chi connectivity index (χ3v) is 9.50. The quantitative estimate of drug-likeness (QED) is 0.193. The van der Waals surface area contributed by atoms with Crippen molar-refractivity contribution < 1.29 is 4.42 Å². The first-order valence-electron chi connectivity index (χ1n) is 16.4. The van der Waals surface area contributed by atoms with Crippen LogP contribution in [0.4, 0.5) is 0 Å². The summed E-state index contributed by atoms with van der Waals surface area (Å²) in [4.78, 5) is 5.34. The Labute approximate surface area is 279 Å². The highest BCUT2D eigenvalue weighted by Crippen LogP contribution is 2.43. The molecule has 3 heteroatoms. The Morgan fingerprint density at radius 3 is 1.81 bits per heavy atom. The molecule has 0 atom stereocenters. The number of fused-ring (bicyclic) bond motifs is 4. The van der Waals surface area contributed by atoms with Crippen molar-refractivity contribution in [2.45, 2.75) is 13.8 Å². The normalized spacial score (nSPS) is 11.5. The number of hydrogen-bond donors (Lipinski definition) is 0. The first-order valence-corrected chi connectivity index (χ1v) is 16.4. The molecule has 0 saturated carbocycles. The number of hydrogen-bond acceptors (Lipinski definition) is 2. The molecule has 0 amide bonds. The molecule has 7 aromatic carbocycles. The van der Waals surface area contributed by atoms with Crippen molar-refractivity contribution in [1.82, 2.24) is 9.55 Å². The van der Waals surface area contributed by atoms with E-state index >= 15 is 0 Å². The van der Waals surface area contributed by atoms with Crippen LogP contribution in [0.3, 0.4) is 0 Å². The third-order valence-electron chi connectivity index (χ3n) is 9.50. The number of nitrogens with zero attached hydrogens (tertiary/aromatic N) is 2. The van der Waals surface area contributed by atoms with Gasteiger partial charge in [-0.15, -0.1) is 0 Å². The van der Waals surface area contributed by atoms with Crippen molar-refractivity contribution in [1.29, 1.82) is 0 Å². The molecule has 3 nitrogen and oxygen atoms in total. The Kier molecular flexibility index (Phi) is 6.58. The maximum absolute atomic E-state index is 6.84. The van der Waals surface area contributed by atoms with Gasteiger partial charge in [-0.05, 0) is 77.6 Å². The lowest BCUT2D eigenvalue weighted by Gasteiger charge is -2.19. The molecule has 2 aromatic heterocycles. The maximum atomic E-state index is 6.84.